The molecule has 1 unspecified atom stereocenters. The Morgan fingerprint density at radius 1 is 1.11 bits per heavy atom. The highest BCUT2D eigenvalue weighted by Gasteiger charge is 2.24. The van der Waals surface area contributed by atoms with Gasteiger partial charge in [0.1, 0.15) is 11.5 Å². The van der Waals surface area contributed by atoms with Gasteiger partial charge in [-0.3, -0.25) is 4.57 Å². The molecule has 3 aromatic rings. The molecule has 2 heterocycles. The number of pyridine rings is 1. The number of aromatic hydroxyl groups is 2. The summed E-state index contributed by atoms with van der Waals surface area (Å²) in [6.07, 6.45) is 1.93. The Hall–Kier alpha value is -2.58. The Balaban J connectivity index is 1.84. The summed E-state index contributed by atoms with van der Waals surface area (Å²) in [6, 6.07) is 7.41. The summed E-state index contributed by atoms with van der Waals surface area (Å²) in [5.41, 5.74) is 4.05. The molecule has 4 rings (SSSR count). The van der Waals surface area contributed by atoms with E-state index in [9.17, 15) is 10.2 Å². The molecule has 0 spiro atoms. The fraction of sp³-hybridized carbons (Fsp3) is 0.350. The van der Waals surface area contributed by atoms with Crippen LogP contribution in [0.1, 0.15) is 36.6 Å². The molecular weight excluding hydrogens is 376 g/mol. The fourth-order valence-corrected chi connectivity index (χ4v) is 3.89. The second-order valence-corrected chi connectivity index (χ2v) is 7.69. The van der Waals surface area contributed by atoms with E-state index < -0.39 is 0 Å². The van der Waals surface area contributed by atoms with E-state index in [4.69, 9.17) is 4.74 Å². The minimum atomic E-state index is -0.163. The van der Waals surface area contributed by atoms with Crippen molar-refractivity contribution in [1.82, 2.24) is 19.7 Å². The van der Waals surface area contributed by atoms with Crippen LogP contribution >= 0.6 is 12.6 Å². The number of methoxy groups -OCH3 is 1. The van der Waals surface area contributed by atoms with Crippen molar-refractivity contribution in [2.24, 2.45) is 0 Å². The van der Waals surface area contributed by atoms with Crippen molar-refractivity contribution in [2.45, 2.75) is 43.9 Å². The number of hydrogen-bond acceptors (Lipinski definition) is 7. The van der Waals surface area contributed by atoms with E-state index in [1.807, 2.05) is 19.9 Å². The molecule has 1 atom stereocenters. The average Bonchev–Trinajstić information content (AvgIpc) is 3.23. The Labute approximate surface area is 168 Å². The molecule has 2 N–H and O–H groups in total. The zero-order valence-corrected chi connectivity index (χ0v) is 16.8. The van der Waals surface area contributed by atoms with E-state index in [2.05, 4.69) is 39.9 Å². The second kappa shape index (κ2) is 7.10. The monoisotopic (exact) mass is 398 g/mol. The van der Waals surface area contributed by atoms with Crippen molar-refractivity contribution < 1.29 is 14.9 Å². The van der Waals surface area contributed by atoms with Gasteiger partial charge in [-0.05, 0) is 42.0 Å². The first-order chi connectivity index (χ1) is 13.4. The summed E-state index contributed by atoms with van der Waals surface area (Å²) in [5, 5.41) is 29.1. The van der Waals surface area contributed by atoms with Crippen LogP contribution in [0.25, 0.3) is 17.2 Å². The zero-order valence-electron chi connectivity index (χ0n) is 15.9. The third kappa shape index (κ3) is 3.12. The lowest BCUT2D eigenvalue weighted by molar-refractivity contribution is 0.112. The van der Waals surface area contributed by atoms with Gasteiger partial charge >= 0.3 is 0 Å². The topological polar surface area (TPSA) is 93.3 Å². The van der Waals surface area contributed by atoms with Crippen molar-refractivity contribution in [1.29, 1.82) is 0 Å². The summed E-state index contributed by atoms with van der Waals surface area (Å²) in [5.74, 6) is 0.142. The molecule has 0 fully saturated rings. The predicted octanol–water partition coefficient (Wildman–Crippen LogP) is 3.27. The molecule has 7 nitrogen and oxygen atoms in total. The van der Waals surface area contributed by atoms with Crippen molar-refractivity contribution in [3.63, 3.8) is 0 Å². The average molecular weight is 398 g/mol. The highest BCUT2D eigenvalue weighted by molar-refractivity contribution is 7.80. The van der Waals surface area contributed by atoms with Crippen LogP contribution < -0.4 is 0 Å². The van der Waals surface area contributed by atoms with E-state index in [-0.39, 0.29) is 29.2 Å². The first kappa shape index (κ1) is 18.8. The summed E-state index contributed by atoms with van der Waals surface area (Å²) in [4.78, 5) is 4.46. The van der Waals surface area contributed by atoms with Crippen LogP contribution in [-0.2, 0) is 17.6 Å². The summed E-state index contributed by atoms with van der Waals surface area (Å²) < 4.78 is 7.23. The maximum atomic E-state index is 10.4. The molecule has 2 aromatic heterocycles. The second-order valence-electron chi connectivity index (χ2n) is 7.29. The summed E-state index contributed by atoms with van der Waals surface area (Å²) in [7, 11) is 1.73. The number of ether oxygens (including phenoxy) is 1. The summed E-state index contributed by atoms with van der Waals surface area (Å²) >= 11 is 4.45. The van der Waals surface area contributed by atoms with Crippen LogP contribution in [0.4, 0.5) is 0 Å². The van der Waals surface area contributed by atoms with E-state index in [1.165, 1.54) is 17.2 Å². The number of aromatic nitrogens is 4. The van der Waals surface area contributed by atoms with Crippen molar-refractivity contribution in [3.05, 3.63) is 41.1 Å². The minimum Gasteiger partial charge on any atom is -0.506 e. The Morgan fingerprint density at radius 2 is 1.86 bits per heavy atom. The molecule has 0 bridgehead atoms. The quantitative estimate of drug-likeness (QED) is 0.584. The van der Waals surface area contributed by atoms with E-state index in [0.717, 1.165) is 18.5 Å². The highest BCUT2D eigenvalue weighted by atomic mass is 32.1. The van der Waals surface area contributed by atoms with Gasteiger partial charge in [-0.1, -0.05) is 19.9 Å². The third-order valence-corrected chi connectivity index (χ3v) is 5.38. The van der Waals surface area contributed by atoms with Crippen LogP contribution in [-0.4, -0.2) is 43.2 Å². The van der Waals surface area contributed by atoms with Gasteiger partial charge in [0.15, 0.2) is 16.7 Å². The van der Waals surface area contributed by atoms with Crippen molar-refractivity contribution in [3.8, 4) is 28.7 Å². The SMILES string of the molecule is COC1Cc2ccc(-n3c(S)nnc3-c3nc(C(C)C)c(O)cc3O)cc2C1. The van der Waals surface area contributed by atoms with Gasteiger partial charge in [-0.15, -0.1) is 22.8 Å². The number of hydrogen-bond donors (Lipinski definition) is 3. The third-order valence-electron chi connectivity index (χ3n) is 5.09. The van der Waals surface area contributed by atoms with Crippen molar-refractivity contribution in [2.75, 3.05) is 7.11 Å². The molecule has 1 aliphatic rings. The van der Waals surface area contributed by atoms with E-state index in [0.29, 0.717) is 16.7 Å². The Kier molecular flexibility index (Phi) is 4.76. The predicted molar refractivity (Wildman–Crippen MR) is 107 cm³/mol. The molecule has 0 saturated heterocycles. The van der Waals surface area contributed by atoms with Gasteiger partial charge in [0.2, 0.25) is 0 Å². The number of fused-ring (bicyclic) bond motifs is 1. The lowest BCUT2D eigenvalue weighted by atomic mass is 10.1. The van der Waals surface area contributed by atoms with Crippen molar-refractivity contribution >= 4 is 12.6 Å². The maximum Gasteiger partial charge on any atom is 0.193 e. The lowest BCUT2D eigenvalue weighted by Gasteiger charge is -2.13. The summed E-state index contributed by atoms with van der Waals surface area (Å²) in [6.45, 7) is 3.84. The van der Waals surface area contributed by atoms with Gasteiger partial charge in [0.05, 0.1) is 17.5 Å². The fourth-order valence-electron chi connectivity index (χ4n) is 3.63. The van der Waals surface area contributed by atoms with E-state index >= 15 is 0 Å². The van der Waals surface area contributed by atoms with Gasteiger partial charge < -0.3 is 14.9 Å². The lowest BCUT2D eigenvalue weighted by Crippen LogP contribution is -2.08. The number of thiol groups is 1. The van der Waals surface area contributed by atoms with Gasteiger partial charge in [-0.2, -0.15) is 0 Å². The molecule has 0 aliphatic heterocycles. The van der Waals surface area contributed by atoms with Gasteiger partial charge in [0, 0.05) is 13.2 Å². The molecule has 0 amide bonds. The van der Waals surface area contributed by atoms with Crippen LogP contribution in [0.3, 0.4) is 0 Å². The smallest absolute Gasteiger partial charge is 0.193 e. The molecule has 0 saturated carbocycles. The molecule has 0 radical (unpaired) electrons. The molecule has 146 valence electrons. The van der Waals surface area contributed by atoms with E-state index in [1.54, 1.807) is 11.7 Å². The molecule has 8 heteroatoms. The first-order valence-electron chi connectivity index (χ1n) is 9.11. The highest BCUT2D eigenvalue weighted by Crippen LogP contribution is 2.36. The van der Waals surface area contributed by atoms with Crippen LogP contribution in [0, 0.1) is 0 Å². The number of nitrogens with zero attached hydrogens (tertiary/aromatic N) is 4. The minimum absolute atomic E-state index is 0.0165. The standard InChI is InChI=1S/C20H22N4O3S/c1-10(2)17-15(25)9-16(26)18(21-17)19-22-23-20(28)24(19)13-5-4-11-7-14(27-3)8-12(11)6-13/h4-6,9-10,14,25-26H,7-8H2,1-3H3,(H,23,28). The largest absolute Gasteiger partial charge is 0.506 e. The molecule has 1 aromatic carbocycles. The number of rotatable bonds is 4. The first-order valence-corrected chi connectivity index (χ1v) is 9.56. The number of benzene rings is 1. The van der Waals surface area contributed by atoms with Gasteiger partial charge in [-0.25, -0.2) is 4.98 Å². The molecule has 28 heavy (non-hydrogen) atoms. The molecule has 1 aliphatic carbocycles. The maximum absolute atomic E-state index is 10.4. The van der Waals surface area contributed by atoms with Crippen LogP contribution in [0.5, 0.6) is 11.5 Å². The molecular formula is C20H22N4O3S. The Bertz CT molecular complexity index is 1050. The van der Waals surface area contributed by atoms with Gasteiger partial charge in [0.25, 0.3) is 0 Å². The Morgan fingerprint density at radius 3 is 2.57 bits per heavy atom. The van der Waals surface area contributed by atoms with Crippen LogP contribution in [0.2, 0.25) is 0 Å². The normalized spacial score (nSPS) is 16.0. The van der Waals surface area contributed by atoms with Crippen LogP contribution in [0.15, 0.2) is 29.4 Å². The zero-order chi connectivity index (χ0) is 20.0.